The van der Waals surface area contributed by atoms with Crippen LogP contribution in [0.2, 0.25) is 0 Å². The van der Waals surface area contributed by atoms with E-state index in [1.807, 2.05) is 36.1 Å². The van der Waals surface area contributed by atoms with E-state index in [4.69, 9.17) is 10.8 Å². The van der Waals surface area contributed by atoms with E-state index in [0.29, 0.717) is 13.1 Å². The molecule has 0 heterocycles. The number of nitrogens with zero attached hydrogens (tertiary/aromatic N) is 1. The van der Waals surface area contributed by atoms with Gasteiger partial charge >= 0.3 is 5.97 Å². The van der Waals surface area contributed by atoms with Gasteiger partial charge in [-0.05, 0) is 19.1 Å². The summed E-state index contributed by atoms with van der Waals surface area (Å²) >= 11 is 0. The fourth-order valence-electron chi connectivity index (χ4n) is 1.73. The van der Waals surface area contributed by atoms with E-state index in [0.717, 1.165) is 11.3 Å². The van der Waals surface area contributed by atoms with Gasteiger partial charge in [0.1, 0.15) is 0 Å². The fourth-order valence-corrected chi connectivity index (χ4v) is 1.73. The number of hydrogen-bond acceptors (Lipinski definition) is 3. The molecule has 1 atom stereocenters. The van der Waals surface area contributed by atoms with Gasteiger partial charge in [-0.3, -0.25) is 9.59 Å². The number of carbonyl (C=O) groups is 2. The summed E-state index contributed by atoms with van der Waals surface area (Å²) in [5.41, 5.74) is 7.29. The molecule has 5 nitrogen and oxygen atoms in total. The lowest BCUT2D eigenvalue weighted by atomic mass is 10.1. The number of anilines is 1. The van der Waals surface area contributed by atoms with E-state index in [2.05, 4.69) is 0 Å². The van der Waals surface area contributed by atoms with E-state index in [1.54, 1.807) is 6.92 Å². The van der Waals surface area contributed by atoms with Crippen LogP contribution in [-0.4, -0.2) is 30.1 Å². The molecule has 0 radical (unpaired) electrons. The number of aryl methyl sites for hydroxylation is 1. The van der Waals surface area contributed by atoms with Gasteiger partial charge in [-0.2, -0.15) is 0 Å². The summed E-state index contributed by atoms with van der Waals surface area (Å²) in [5.74, 6) is -1.56. The molecule has 0 saturated carbocycles. The van der Waals surface area contributed by atoms with Crippen molar-refractivity contribution in [3.63, 3.8) is 0 Å². The molecule has 0 aliphatic rings. The minimum absolute atomic E-state index is 0.0271. The first kappa shape index (κ1) is 15.0. The summed E-state index contributed by atoms with van der Waals surface area (Å²) in [6.45, 7) is 4.50. The highest BCUT2D eigenvalue weighted by Gasteiger charge is 2.16. The van der Waals surface area contributed by atoms with Crippen molar-refractivity contribution in [2.75, 3.05) is 18.0 Å². The molecule has 0 fully saturated rings. The van der Waals surface area contributed by atoms with Crippen molar-refractivity contribution < 1.29 is 14.7 Å². The number of rotatable bonds is 7. The fraction of sp³-hybridized carbons (Fsp3) is 0.429. The zero-order valence-corrected chi connectivity index (χ0v) is 11.3. The standard InChI is InChI=1S/C14H20N2O3/c1-10-3-5-12(6-4-10)16(8-7-13(17)18)9-11(2)14(15)19/h3-6,11H,7-9H2,1-2H3,(H2,15,19)(H,17,18). The van der Waals surface area contributed by atoms with Gasteiger partial charge in [-0.1, -0.05) is 24.6 Å². The third-order valence-corrected chi connectivity index (χ3v) is 2.97. The van der Waals surface area contributed by atoms with Gasteiger partial charge in [0, 0.05) is 18.8 Å². The molecule has 3 N–H and O–H groups in total. The molecule has 5 heteroatoms. The lowest BCUT2D eigenvalue weighted by Gasteiger charge is -2.26. The molecule has 0 aromatic heterocycles. The van der Waals surface area contributed by atoms with Crippen LogP contribution in [0.3, 0.4) is 0 Å². The zero-order valence-electron chi connectivity index (χ0n) is 11.3. The molecule has 1 aromatic carbocycles. The van der Waals surface area contributed by atoms with Crippen LogP contribution in [0.5, 0.6) is 0 Å². The summed E-state index contributed by atoms with van der Waals surface area (Å²) in [5, 5.41) is 8.78. The van der Waals surface area contributed by atoms with Crippen molar-refractivity contribution in [3.8, 4) is 0 Å². The summed E-state index contributed by atoms with van der Waals surface area (Å²) in [7, 11) is 0. The SMILES string of the molecule is Cc1ccc(N(CCC(=O)O)CC(C)C(N)=O)cc1. The van der Waals surface area contributed by atoms with Crippen LogP contribution >= 0.6 is 0 Å². The number of carboxylic acid groups (broad SMARTS) is 1. The lowest BCUT2D eigenvalue weighted by Crippen LogP contribution is -2.36. The maximum Gasteiger partial charge on any atom is 0.305 e. The highest BCUT2D eigenvalue weighted by molar-refractivity contribution is 5.77. The van der Waals surface area contributed by atoms with Gasteiger partial charge in [-0.25, -0.2) is 0 Å². The van der Waals surface area contributed by atoms with E-state index in [1.165, 1.54) is 0 Å². The molecular formula is C14H20N2O3. The molecule has 0 aliphatic carbocycles. The van der Waals surface area contributed by atoms with Crippen molar-refractivity contribution in [2.45, 2.75) is 20.3 Å². The van der Waals surface area contributed by atoms with Gasteiger partial charge in [0.15, 0.2) is 0 Å². The van der Waals surface area contributed by atoms with Crippen LogP contribution < -0.4 is 10.6 Å². The third kappa shape index (κ3) is 4.99. The topological polar surface area (TPSA) is 83.6 Å². The number of carbonyl (C=O) groups excluding carboxylic acids is 1. The molecule has 0 spiro atoms. The first-order valence-electron chi connectivity index (χ1n) is 6.23. The Morgan fingerprint density at radius 1 is 1.32 bits per heavy atom. The van der Waals surface area contributed by atoms with E-state index in [-0.39, 0.29) is 18.2 Å². The van der Waals surface area contributed by atoms with Gasteiger partial charge < -0.3 is 15.7 Å². The first-order chi connectivity index (χ1) is 8.90. The zero-order chi connectivity index (χ0) is 14.4. The normalized spacial score (nSPS) is 11.9. The van der Waals surface area contributed by atoms with Crippen LogP contribution in [-0.2, 0) is 9.59 Å². The minimum Gasteiger partial charge on any atom is -0.481 e. The molecule has 0 saturated heterocycles. The van der Waals surface area contributed by atoms with Crippen LogP contribution in [0.25, 0.3) is 0 Å². The Labute approximate surface area is 113 Å². The Kier molecular flexibility index (Phi) is 5.36. The summed E-state index contributed by atoms with van der Waals surface area (Å²) in [6.07, 6.45) is 0.0271. The highest BCUT2D eigenvalue weighted by Crippen LogP contribution is 2.17. The van der Waals surface area contributed by atoms with Crippen molar-refractivity contribution in [2.24, 2.45) is 11.7 Å². The second-order valence-corrected chi connectivity index (χ2v) is 4.73. The van der Waals surface area contributed by atoms with Gasteiger partial charge in [0.25, 0.3) is 0 Å². The second kappa shape index (κ2) is 6.78. The van der Waals surface area contributed by atoms with Gasteiger partial charge in [-0.15, -0.1) is 0 Å². The van der Waals surface area contributed by atoms with Gasteiger partial charge in [0.05, 0.1) is 12.3 Å². The quantitative estimate of drug-likeness (QED) is 0.779. The Bertz CT molecular complexity index is 443. The number of hydrogen-bond donors (Lipinski definition) is 2. The molecule has 1 rings (SSSR count). The molecular weight excluding hydrogens is 244 g/mol. The van der Waals surface area contributed by atoms with E-state index >= 15 is 0 Å². The molecule has 1 aromatic rings. The Morgan fingerprint density at radius 3 is 2.37 bits per heavy atom. The maximum absolute atomic E-state index is 11.1. The van der Waals surface area contributed by atoms with Crippen molar-refractivity contribution >= 4 is 17.6 Å². The molecule has 19 heavy (non-hydrogen) atoms. The predicted octanol–water partition coefficient (Wildman–Crippen LogP) is 1.40. The van der Waals surface area contributed by atoms with Gasteiger partial charge in [0.2, 0.25) is 5.91 Å². The number of benzene rings is 1. The first-order valence-corrected chi connectivity index (χ1v) is 6.23. The Balaban J connectivity index is 2.81. The molecule has 0 bridgehead atoms. The number of primary amides is 1. The molecule has 1 amide bonds. The average Bonchev–Trinajstić information content (AvgIpc) is 2.35. The summed E-state index contributed by atoms with van der Waals surface area (Å²) < 4.78 is 0. The highest BCUT2D eigenvalue weighted by atomic mass is 16.4. The van der Waals surface area contributed by atoms with Crippen LogP contribution in [0.1, 0.15) is 18.9 Å². The molecule has 104 valence electrons. The Hall–Kier alpha value is -2.04. The lowest BCUT2D eigenvalue weighted by molar-refractivity contribution is -0.136. The number of nitrogens with two attached hydrogens (primary N) is 1. The van der Waals surface area contributed by atoms with Crippen molar-refractivity contribution in [3.05, 3.63) is 29.8 Å². The molecule has 1 unspecified atom stereocenters. The second-order valence-electron chi connectivity index (χ2n) is 4.73. The van der Waals surface area contributed by atoms with E-state index < -0.39 is 5.97 Å². The number of carboxylic acids is 1. The third-order valence-electron chi connectivity index (χ3n) is 2.97. The van der Waals surface area contributed by atoms with E-state index in [9.17, 15) is 9.59 Å². The predicted molar refractivity (Wildman–Crippen MR) is 74.0 cm³/mol. The smallest absolute Gasteiger partial charge is 0.305 e. The van der Waals surface area contributed by atoms with Crippen LogP contribution in [0, 0.1) is 12.8 Å². The minimum atomic E-state index is -0.858. The average molecular weight is 264 g/mol. The van der Waals surface area contributed by atoms with Crippen LogP contribution in [0.15, 0.2) is 24.3 Å². The van der Waals surface area contributed by atoms with Crippen LogP contribution in [0.4, 0.5) is 5.69 Å². The summed E-state index contributed by atoms with van der Waals surface area (Å²) in [4.78, 5) is 23.7. The largest absolute Gasteiger partial charge is 0.481 e. The van der Waals surface area contributed by atoms with Crippen molar-refractivity contribution in [1.82, 2.24) is 0 Å². The van der Waals surface area contributed by atoms with Crippen molar-refractivity contribution in [1.29, 1.82) is 0 Å². The number of aliphatic carboxylic acids is 1. The Morgan fingerprint density at radius 2 is 1.89 bits per heavy atom. The molecule has 0 aliphatic heterocycles. The monoisotopic (exact) mass is 264 g/mol. The number of amides is 1. The maximum atomic E-state index is 11.1. The summed E-state index contributed by atoms with van der Waals surface area (Å²) in [6, 6.07) is 7.76.